The molecule has 0 fully saturated rings. The van der Waals surface area contributed by atoms with Crippen molar-refractivity contribution in [2.24, 2.45) is 5.92 Å². The van der Waals surface area contributed by atoms with Gasteiger partial charge < -0.3 is 10.2 Å². The van der Waals surface area contributed by atoms with E-state index in [0.717, 1.165) is 12.8 Å². The minimum Gasteiger partial charge on any atom is -0.390 e. The van der Waals surface area contributed by atoms with Crippen LogP contribution in [0.15, 0.2) is 18.2 Å². The van der Waals surface area contributed by atoms with Crippen molar-refractivity contribution in [1.82, 2.24) is 0 Å². The first-order valence-corrected chi connectivity index (χ1v) is 6.58. The first kappa shape index (κ1) is 14.8. The van der Waals surface area contributed by atoms with Crippen molar-refractivity contribution < 1.29 is 10.2 Å². The Bertz CT molecular complexity index is 364. The molecular weight excluding hydrogens is 259 g/mol. The Labute approximate surface area is 112 Å². The Morgan fingerprint density at radius 2 is 1.71 bits per heavy atom. The molecule has 2 nitrogen and oxygen atoms in total. The molecule has 0 spiro atoms. The lowest BCUT2D eigenvalue weighted by atomic mass is 9.90. The number of benzene rings is 1. The molecule has 0 aliphatic carbocycles. The molecule has 17 heavy (non-hydrogen) atoms. The number of rotatable bonds is 5. The second kappa shape index (κ2) is 6.60. The number of hydrogen-bond acceptors (Lipinski definition) is 2. The minimum absolute atomic E-state index is 0.0556. The first-order chi connectivity index (χ1) is 8.02. The van der Waals surface area contributed by atoms with Gasteiger partial charge in [0.05, 0.1) is 16.1 Å². The molecule has 4 heteroatoms. The summed E-state index contributed by atoms with van der Waals surface area (Å²) in [5.74, 6) is 0.0556. The van der Waals surface area contributed by atoms with Crippen LogP contribution in [0.1, 0.15) is 38.4 Å². The van der Waals surface area contributed by atoms with Gasteiger partial charge in [-0.25, -0.2) is 0 Å². The predicted molar refractivity (Wildman–Crippen MR) is 71.5 cm³/mol. The van der Waals surface area contributed by atoms with Crippen LogP contribution < -0.4 is 0 Å². The summed E-state index contributed by atoms with van der Waals surface area (Å²) in [6, 6.07) is 5.06. The molecule has 2 unspecified atom stereocenters. The van der Waals surface area contributed by atoms with Gasteiger partial charge in [-0.3, -0.25) is 0 Å². The Morgan fingerprint density at radius 1 is 1.12 bits per heavy atom. The van der Waals surface area contributed by atoms with Crippen LogP contribution >= 0.6 is 23.2 Å². The van der Waals surface area contributed by atoms with Crippen LogP contribution in [-0.4, -0.2) is 16.3 Å². The highest BCUT2D eigenvalue weighted by Gasteiger charge is 2.27. The molecular formula is C13H18Cl2O2. The molecule has 0 heterocycles. The molecule has 0 saturated carbocycles. The van der Waals surface area contributed by atoms with E-state index in [9.17, 15) is 10.2 Å². The molecule has 96 valence electrons. The summed E-state index contributed by atoms with van der Waals surface area (Å²) in [4.78, 5) is 0. The molecule has 0 bridgehead atoms. The SMILES string of the molecule is CCC(CC)C(O)C(O)c1cccc(Cl)c1Cl. The highest BCUT2D eigenvalue weighted by molar-refractivity contribution is 6.42. The zero-order chi connectivity index (χ0) is 13.0. The van der Waals surface area contributed by atoms with Crippen LogP contribution in [-0.2, 0) is 0 Å². The van der Waals surface area contributed by atoms with E-state index in [-0.39, 0.29) is 5.92 Å². The Balaban J connectivity index is 2.95. The van der Waals surface area contributed by atoms with Gasteiger partial charge in [0, 0.05) is 5.56 Å². The summed E-state index contributed by atoms with van der Waals surface area (Å²) in [5, 5.41) is 20.9. The number of halogens is 2. The van der Waals surface area contributed by atoms with E-state index in [1.54, 1.807) is 18.2 Å². The highest BCUT2D eigenvalue weighted by Crippen LogP contribution is 2.34. The van der Waals surface area contributed by atoms with E-state index >= 15 is 0 Å². The maximum atomic E-state index is 10.1. The second-order valence-electron chi connectivity index (χ2n) is 4.16. The Morgan fingerprint density at radius 3 is 2.24 bits per heavy atom. The van der Waals surface area contributed by atoms with Crippen molar-refractivity contribution in [2.45, 2.75) is 38.9 Å². The molecule has 0 radical (unpaired) electrons. The van der Waals surface area contributed by atoms with E-state index in [2.05, 4.69) is 0 Å². The van der Waals surface area contributed by atoms with Gasteiger partial charge in [0.15, 0.2) is 0 Å². The third-order valence-corrected chi connectivity index (χ3v) is 3.99. The number of aliphatic hydroxyl groups is 2. The van der Waals surface area contributed by atoms with Gasteiger partial charge in [-0.15, -0.1) is 0 Å². The quantitative estimate of drug-likeness (QED) is 0.858. The standard InChI is InChI=1S/C13H18Cl2O2/c1-3-8(4-2)12(16)13(17)9-6-5-7-10(14)11(9)15/h5-8,12-13,16-17H,3-4H2,1-2H3. The predicted octanol–water partition coefficient (Wildman–Crippen LogP) is 3.82. The topological polar surface area (TPSA) is 40.5 Å². The lowest BCUT2D eigenvalue weighted by Crippen LogP contribution is -2.27. The average Bonchev–Trinajstić information content (AvgIpc) is 2.33. The van der Waals surface area contributed by atoms with Crippen LogP contribution in [0.5, 0.6) is 0 Å². The molecule has 0 saturated heterocycles. The van der Waals surface area contributed by atoms with E-state index in [4.69, 9.17) is 23.2 Å². The fourth-order valence-corrected chi connectivity index (χ4v) is 2.38. The summed E-state index contributed by atoms with van der Waals surface area (Å²) in [6.07, 6.45) is -0.188. The number of hydrogen-bond donors (Lipinski definition) is 2. The third-order valence-electron chi connectivity index (χ3n) is 3.16. The van der Waals surface area contributed by atoms with Gasteiger partial charge in [0.25, 0.3) is 0 Å². The Kier molecular flexibility index (Phi) is 5.74. The van der Waals surface area contributed by atoms with Gasteiger partial charge in [0.1, 0.15) is 6.10 Å². The molecule has 2 N–H and O–H groups in total. The van der Waals surface area contributed by atoms with E-state index < -0.39 is 12.2 Å². The average molecular weight is 277 g/mol. The lowest BCUT2D eigenvalue weighted by Gasteiger charge is -2.26. The van der Waals surface area contributed by atoms with Crippen LogP contribution in [0.4, 0.5) is 0 Å². The third kappa shape index (κ3) is 3.35. The summed E-state index contributed by atoms with van der Waals surface area (Å²) in [5.41, 5.74) is 0.485. The van der Waals surface area contributed by atoms with Crippen LogP contribution in [0.25, 0.3) is 0 Å². The van der Waals surface area contributed by atoms with Crippen LogP contribution in [0.2, 0.25) is 10.0 Å². The van der Waals surface area contributed by atoms with Gasteiger partial charge in [-0.2, -0.15) is 0 Å². The molecule has 0 aliphatic heterocycles. The summed E-state index contributed by atoms with van der Waals surface area (Å²) < 4.78 is 0. The maximum absolute atomic E-state index is 10.1. The Hall–Kier alpha value is -0.280. The molecule has 0 aliphatic rings. The van der Waals surface area contributed by atoms with Crippen molar-refractivity contribution in [1.29, 1.82) is 0 Å². The van der Waals surface area contributed by atoms with Crippen molar-refractivity contribution >= 4 is 23.2 Å². The molecule has 2 atom stereocenters. The molecule has 1 aromatic rings. The summed E-state index contributed by atoms with van der Waals surface area (Å²) in [6.45, 7) is 3.98. The lowest BCUT2D eigenvalue weighted by molar-refractivity contribution is -0.0209. The smallest absolute Gasteiger partial charge is 0.107 e. The monoisotopic (exact) mass is 276 g/mol. The molecule has 1 rings (SSSR count). The molecule has 0 amide bonds. The molecule has 1 aromatic carbocycles. The van der Waals surface area contributed by atoms with Gasteiger partial charge >= 0.3 is 0 Å². The van der Waals surface area contributed by atoms with Crippen LogP contribution in [0, 0.1) is 5.92 Å². The maximum Gasteiger partial charge on any atom is 0.107 e. The minimum atomic E-state index is -0.994. The van der Waals surface area contributed by atoms with Gasteiger partial charge in [0.2, 0.25) is 0 Å². The summed E-state index contributed by atoms with van der Waals surface area (Å²) >= 11 is 11.9. The van der Waals surface area contributed by atoms with E-state index in [1.807, 2.05) is 13.8 Å². The largest absolute Gasteiger partial charge is 0.390 e. The van der Waals surface area contributed by atoms with Crippen molar-refractivity contribution in [2.75, 3.05) is 0 Å². The first-order valence-electron chi connectivity index (χ1n) is 5.82. The van der Waals surface area contributed by atoms with Crippen molar-refractivity contribution in [3.63, 3.8) is 0 Å². The van der Waals surface area contributed by atoms with Gasteiger partial charge in [-0.1, -0.05) is 62.0 Å². The molecule has 0 aromatic heterocycles. The van der Waals surface area contributed by atoms with Gasteiger partial charge in [-0.05, 0) is 12.0 Å². The fraction of sp³-hybridized carbons (Fsp3) is 0.538. The normalized spacial score (nSPS) is 15.0. The van der Waals surface area contributed by atoms with E-state index in [0.29, 0.717) is 15.6 Å². The second-order valence-corrected chi connectivity index (χ2v) is 4.94. The highest BCUT2D eigenvalue weighted by atomic mass is 35.5. The fourth-order valence-electron chi connectivity index (χ4n) is 1.96. The zero-order valence-electron chi connectivity index (χ0n) is 10.0. The van der Waals surface area contributed by atoms with E-state index in [1.165, 1.54) is 0 Å². The summed E-state index contributed by atoms with van der Waals surface area (Å²) in [7, 11) is 0. The number of aliphatic hydroxyl groups excluding tert-OH is 2. The van der Waals surface area contributed by atoms with Crippen LogP contribution in [0.3, 0.4) is 0 Å². The zero-order valence-corrected chi connectivity index (χ0v) is 11.5. The van der Waals surface area contributed by atoms with Crippen molar-refractivity contribution in [3.05, 3.63) is 33.8 Å². The van der Waals surface area contributed by atoms with Crippen molar-refractivity contribution in [3.8, 4) is 0 Å².